The van der Waals surface area contributed by atoms with Crippen molar-refractivity contribution >= 4 is 85.7 Å². The molecule has 2 aromatic heterocycles. The van der Waals surface area contributed by atoms with Gasteiger partial charge in [-0.15, -0.1) is 10.2 Å². The molecule has 1 aliphatic heterocycles. The van der Waals surface area contributed by atoms with Crippen LogP contribution in [0.4, 0.5) is 5.13 Å². The second kappa shape index (κ2) is 11.6. The van der Waals surface area contributed by atoms with E-state index in [0.717, 1.165) is 16.9 Å². The van der Waals surface area contributed by atoms with Gasteiger partial charge in [-0.1, -0.05) is 94.3 Å². The summed E-state index contributed by atoms with van der Waals surface area (Å²) >= 11 is 21.3. The number of ketones is 1. The van der Waals surface area contributed by atoms with Crippen molar-refractivity contribution in [1.82, 2.24) is 10.2 Å². The minimum atomic E-state index is -1.09. The van der Waals surface area contributed by atoms with Gasteiger partial charge in [-0.2, -0.15) is 0 Å². The van der Waals surface area contributed by atoms with E-state index in [1.807, 2.05) is 18.2 Å². The average Bonchev–Trinajstić information content (AvgIpc) is 3.70. The van der Waals surface area contributed by atoms with Crippen LogP contribution in [0.3, 0.4) is 0 Å². The Balaban J connectivity index is 1.39. The van der Waals surface area contributed by atoms with Crippen molar-refractivity contribution in [3.63, 3.8) is 0 Å². The van der Waals surface area contributed by atoms with Gasteiger partial charge < -0.3 is 14.3 Å². The van der Waals surface area contributed by atoms with E-state index >= 15 is 0 Å². The van der Waals surface area contributed by atoms with Gasteiger partial charge in [0.2, 0.25) is 10.9 Å². The number of thioether (sulfide) groups is 1. The van der Waals surface area contributed by atoms with E-state index in [1.54, 1.807) is 36.4 Å². The Labute approximate surface area is 262 Å². The minimum absolute atomic E-state index is 0.0796. The fourth-order valence-electron chi connectivity index (χ4n) is 4.59. The lowest BCUT2D eigenvalue weighted by Gasteiger charge is -2.24. The Morgan fingerprint density at radius 2 is 1.86 bits per heavy atom. The average molecular weight is 659 g/mol. The lowest BCUT2D eigenvalue weighted by Crippen LogP contribution is -2.31. The van der Waals surface area contributed by atoms with Gasteiger partial charge in [0, 0.05) is 16.2 Å². The fraction of sp³-hybridized carbons (Fsp3) is 0.103. The third kappa shape index (κ3) is 5.14. The van der Waals surface area contributed by atoms with Crippen LogP contribution in [-0.4, -0.2) is 34.1 Å². The van der Waals surface area contributed by atoms with Crippen molar-refractivity contribution in [2.45, 2.75) is 16.1 Å². The third-order valence-electron chi connectivity index (χ3n) is 6.57. The molecule has 0 aliphatic carbocycles. The molecule has 6 rings (SSSR count). The number of hydrogen-bond donors (Lipinski definition) is 1. The van der Waals surface area contributed by atoms with Crippen molar-refractivity contribution in [2.24, 2.45) is 0 Å². The molecule has 42 heavy (non-hydrogen) atoms. The van der Waals surface area contributed by atoms with E-state index < -0.39 is 23.5 Å². The zero-order valence-corrected chi connectivity index (χ0v) is 25.4. The van der Waals surface area contributed by atoms with Crippen LogP contribution in [-0.2, 0) is 10.5 Å². The van der Waals surface area contributed by atoms with Crippen LogP contribution in [0.5, 0.6) is 5.75 Å². The number of fused-ring (bicyclic) bond motifs is 1. The topological polar surface area (TPSA) is 106 Å². The van der Waals surface area contributed by atoms with Gasteiger partial charge in [-0.05, 0) is 41.5 Å². The van der Waals surface area contributed by atoms with Gasteiger partial charge in [0.15, 0.2) is 27.2 Å². The number of amides is 1. The number of methoxy groups -OCH3 is 1. The molecule has 0 saturated carbocycles. The lowest BCUT2D eigenvalue weighted by atomic mass is 9.95. The van der Waals surface area contributed by atoms with Crippen molar-refractivity contribution in [1.29, 1.82) is 0 Å². The number of benzene rings is 3. The SMILES string of the molecule is COc1cccc2cc(C(=O)C3=C(O)C(=O)N(c4nnc(SCc5ccccc5Cl)s4)C3c3ccc(Cl)c(Cl)c3)oc12. The van der Waals surface area contributed by atoms with Crippen molar-refractivity contribution < 1.29 is 23.8 Å². The summed E-state index contributed by atoms with van der Waals surface area (Å²) in [5.74, 6) is -1.35. The molecule has 1 aliphatic rings. The highest BCUT2D eigenvalue weighted by molar-refractivity contribution is 8.00. The predicted molar refractivity (Wildman–Crippen MR) is 164 cm³/mol. The van der Waals surface area contributed by atoms with Crippen molar-refractivity contribution in [3.8, 4) is 5.75 Å². The number of hydrogen-bond acceptors (Lipinski definition) is 9. The van der Waals surface area contributed by atoms with E-state index in [4.69, 9.17) is 44.0 Å². The summed E-state index contributed by atoms with van der Waals surface area (Å²) in [6.07, 6.45) is 0. The number of carbonyl (C=O) groups is 2. The number of aromatic nitrogens is 2. The normalized spacial score (nSPS) is 15.2. The maximum atomic E-state index is 13.9. The number of halogens is 3. The first-order valence-corrected chi connectivity index (χ1v) is 15.2. The summed E-state index contributed by atoms with van der Waals surface area (Å²) in [7, 11) is 1.49. The molecule has 8 nitrogen and oxygen atoms in total. The molecule has 0 saturated heterocycles. The molecule has 3 aromatic carbocycles. The summed E-state index contributed by atoms with van der Waals surface area (Å²) in [5.41, 5.74) is 1.51. The number of anilines is 1. The van der Waals surface area contributed by atoms with Crippen LogP contribution in [0, 0.1) is 0 Å². The number of aliphatic hydroxyl groups is 1. The van der Waals surface area contributed by atoms with E-state index in [1.165, 1.54) is 35.9 Å². The standard InChI is InChI=1S/C29H18Cl3N3O5S2/c1-39-20-8-4-6-15-12-21(40-26(15)20)24(36)22-23(14-9-10-18(31)19(32)11-14)35(27(38)25(22)37)28-33-34-29(42-28)41-13-16-5-2-3-7-17(16)30/h2-12,23,37H,13H2,1H3. The fourth-order valence-corrected chi connectivity index (χ4v) is 7.05. The number of Topliss-reactive ketones (excluding diaryl/α,β-unsaturated/α-hetero) is 1. The first kappa shape index (κ1) is 28.6. The first-order valence-electron chi connectivity index (χ1n) is 12.3. The summed E-state index contributed by atoms with van der Waals surface area (Å²) in [4.78, 5) is 28.7. The molecule has 5 aromatic rings. The van der Waals surface area contributed by atoms with Crippen LogP contribution in [0.25, 0.3) is 11.0 Å². The zero-order valence-electron chi connectivity index (χ0n) is 21.5. The molecule has 1 amide bonds. The van der Waals surface area contributed by atoms with Gasteiger partial charge in [0.05, 0.1) is 28.8 Å². The van der Waals surface area contributed by atoms with E-state index in [-0.39, 0.29) is 26.5 Å². The van der Waals surface area contributed by atoms with Gasteiger partial charge in [-0.3, -0.25) is 14.5 Å². The second-order valence-electron chi connectivity index (χ2n) is 9.06. The van der Waals surface area contributed by atoms with Crippen LogP contribution in [0.15, 0.2) is 86.8 Å². The Morgan fingerprint density at radius 3 is 2.62 bits per heavy atom. The van der Waals surface area contributed by atoms with Gasteiger partial charge in [-0.25, -0.2) is 0 Å². The van der Waals surface area contributed by atoms with Gasteiger partial charge in [0.25, 0.3) is 5.91 Å². The van der Waals surface area contributed by atoms with E-state index in [2.05, 4.69) is 10.2 Å². The van der Waals surface area contributed by atoms with Crippen LogP contribution < -0.4 is 9.64 Å². The highest BCUT2D eigenvalue weighted by Gasteiger charge is 2.47. The number of rotatable bonds is 8. The Hall–Kier alpha value is -3.54. The summed E-state index contributed by atoms with van der Waals surface area (Å²) in [6, 6.07) is 17.8. The molecular formula is C29H18Cl3N3O5S2. The maximum absolute atomic E-state index is 13.9. The number of ether oxygens (including phenoxy) is 1. The highest BCUT2D eigenvalue weighted by Crippen LogP contribution is 2.45. The maximum Gasteiger partial charge on any atom is 0.296 e. The van der Waals surface area contributed by atoms with E-state index in [9.17, 15) is 14.7 Å². The molecule has 0 bridgehead atoms. The number of furan rings is 1. The quantitative estimate of drug-likeness (QED) is 0.101. The minimum Gasteiger partial charge on any atom is -0.503 e. The molecule has 0 fully saturated rings. The first-order chi connectivity index (χ1) is 20.3. The monoisotopic (exact) mass is 657 g/mol. The molecule has 1 unspecified atom stereocenters. The van der Waals surface area contributed by atoms with Gasteiger partial charge >= 0.3 is 0 Å². The van der Waals surface area contributed by atoms with Crippen LogP contribution in [0.2, 0.25) is 15.1 Å². The Bertz CT molecular complexity index is 1900. The van der Waals surface area contributed by atoms with Crippen LogP contribution >= 0.6 is 57.9 Å². The Kier molecular flexibility index (Phi) is 7.91. The van der Waals surface area contributed by atoms with Crippen LogP contribution in [0.1, 0.15) is 27.7 Å². The number of nitrogens with zero attached hydrogens (tertiary/aromatic N) is 3. The molecule has 3 heterocycles. The molecule has 0 spiro atoms. The third-order valence-corrected chi connectivity index (χ3v) is 9.79. The zero-order chi connectivity index (χ0) is 29.5. The van der Waals surface area contributed by atoms with Gasteiger partial charge in [0.1, 0.15) is 0 Å². The number of aliphatic hydroxyl groups excluding tert-OH is 1. The molecule has 1 atom stereocenters. The highest BCUT2D eigenvalue weighted by atomic mass is 35.5. The molecule has 1 N–H and O–H groups in total. The molecule has 0 radical (unpaired) electrons. The van der Waals surface area contributed by atoms with E-state index in [0.29, 0.717) is 37.4 Å². The largest absolute Gasteiger partial charge is 0.503 e. The Morgan fingerprint density at radius 1 is 1.05 bits per heavy atom. The van der Waals surface area contributed by atoms with Crippen molar-refractivity contribution in [3.05, 3.63) is 110 Å². The summed E-state index contributed by atoms with van der Waals surface area (Å²) in [5, 5.41) is 21.5. The smallest absolute Gasteiger partial charge is 0.296 e. The summed E-state index contributed by atoms with van der Waals surface area (Å²) < 4.78 is 11.8. The molecule has 13 heteroatoms. The lowest BCUT2D eigenvalue weighted by molar-refractivity contribution is -0.117. The molecular weight excluding hydrogens is 641 g/mol. The molecule has 212 valence electrons. The van der Waals surface area contributed by atoms with Crippen molar-refractivity contribution in [2.75, 3.05) is 12.0 Å². The number of carbonyl (C=O) groups excluding carboxylic acids is 2. The predicted octanol–water partition coefficient (Wildman–Crippen LogP) is 8.33. The number of para-hydroxylation sites is 1. The second-order valence-corrected chi connectivity index (χ2v) is 12.5. The summed E-state index contributed by atoms with van der Waals surface area (Å²) in [6.45, 7) is 0.